The fourth-order valence-electron chi connectivity index (χ4n) is 4.30. The molecule has 1 aliphatic rings. The molecular formula is C26H32N2O5. The van der Waals surface area contributed by atoms with Crippen molar-refractivity contribution < 1.29 is 24.2 Å². The van der Waals surface area contributed by atoms with E-state index in [1.165, 1.54) is 11.1 Å². The summed E-state index contributed by atoms with van der Waals surface area (Å²) in [6.45, 7) is 4.31. The van der Waals surface area contributed by atoms with E-state index in [2.05, 4.69) is 34.9 Å². The van der Waals surface area contributed by atoms with Gasteiger partial charge < -0.3 is 20.5 Å². The lowest BCUT2D eigenvalue weighted by molar-refractivity contribution is -0.142. The van der Waals surface area contributed by atoms with Gasteiger partial charge in [-0.25, -0.2) is 9.59 Å². The van der Waals surface area contributed by atoms with Crippen LogP contribution in [-0.2, 0) is 14.3 Å². The van der Waals surface area contributed by atoms with Crippen molar-refractivity contribution in [2.24, 2.45) is 5.92 Å². The SMILES string of the molecule is CCC[C@H](NC(=O)CC(CC)CNC(=O)OCC1c2ccccc2-c2ccccc21)C(=O)O. The van der Waals surface area contributed by atoms with E-state index < -0.39 is 18.1 Å². The van der Waals surface area contributed by atoms with Crippen LogP contribution >= 0.6 is 0 Å². The van der Waals surface area contributed by atoms with Crippen LogP contribution in [0.1, 0.15) is 56.6 Å². The number of amides is 2. The summed E-state index contributed by atoms with van der Waals surface area (Å²) in [5.41, 5.74) is 4.63. The molecule has 0 saturated heterocycles. The molecule has 2 atom stereocenters. The predicted octanol–water partition coefficient (Wildman–Crippen LogP) is 4.31. The zero-order chi connectivity index (χ0) is 23.8. The summed E-state index contributed by atoms with van der Waals surface area (Å²) in [6, 6.07) is 15.4. The second-order valence-corrected chi connectivity index (χ2v) is 8.43. The summed E-state index contributed by atoms with van der Waals surface area (Å²) in [4.78, 5) is 35.9. The lowest BCUT2D eigenvalue weighted by atomic mass is 9.98. The quantitative estimate of drug-likeness (QED) is 0.471. The lowest BCUT2D eigenvalue weighted by Gasteiger charge is -2.19. The molecule has 7 nitrogen and oxygen atoms in total. The van der Waals surface area contributed by atoms with Crippen molar-refractivity contribution >= 4 is 18.0 Å². The second-order valence-electron chi connectivity index (χ2n) is 8.43. The molecule has 2 aromatic rings. The Morgan fingerprint density at radius 3 is 2.15 bits per heavy atom. The van der Waals surface area contributed by atoms with Gasteiger partial charge in [-0.1, -0.05) is 75.2 Å². The summed E-state index contributed by atoms with van der Waals surface area (Å²) >= 11 is 0. The Morgan fingerprint density at radius 2 is 1.61 bits per heavy atom. The van der Waals surface area contributed by atoms with E-state index in [-0.39, 0.29) is 37.3 Å². The molecule has 2 aromatic carbocycles. The smallest absolute Gasteiger partial charge is 0.407 e. The lowest BCUT2D eigenvalue weighted by Crippen LogP contribution is -2.42. The number of nitrogens with one attached hydrogen (secondary N) is 2. The number of carbonyl (C=O) groups is 3. The van der Waals surface area contributed by atoms with Crippen molar-refractivity contribution in [3.05, 3.63) is 59.7 Å². The van der Waals surface area contributed by atoms with Crippen LogP contribution in [0.5, 0.6) is 0 Å². The molecule has 33 heavy (non-hydrogen) atoms. The summed E-state index contributed by atoms with van der Waals surface area (Å²) in [6.07, 6.45) is 1.34. The summed E-state index contributed by atoms with van der Waals surface area (Å²) in [5, 5.41) is 14.5. The molecule has 0 radical (unpaired) electrons. The number of alkyl carbamates (subject to hydrolysis) is 1. The normalized spacial score (nSPS) is 14.0. The monoisotopic (exact) mass is 452 g/mol. The van der Waals surface area contributed by atoms with Crippen LogP contribution in [0.3, 0.4) is 0 Å². The minimum Gasteiger partial charge on any atom is -0.480 e. The van der Waals surface area contributed by atoms with Crippen molar-refractivity contribution in [2.45, 2.75) is 51.5 Å². The number of carboxylic acids is 1. The minimum atomic E-state index is -1.03. The average Bonchev–Trinajstić information content (AvgIpc) is 3.13. The van der Waals surface area contributed by atoms with Gasteiger partial charge in [-0.15, -0.1) is 0 Å². The molecule has 1 aliphatic carbocycles. The van der Waals surface area contributed by atoms with Gasteiger partial charge >= 0.3 is 12.1 Å². The summed E-state index contributed by atoms with van der Waals surface area (Å²) in [7, 11) is 0. The van der Waals surface area contributed by atoms with Gasteiger partial charge in [0.1, 0.15) is 12.6 Å². The zero-order valence-electron chi connectivity index (χ0n) is 19.2. The maximum Gasteiger partial charge on any atom is 0.407 e. The molecule has 0 spiro atoms. The Labute approximate surface area is 194 Å². The topological polar surface area (TPSA) is 105 Å². The molecule has 0 aliphatic heterocycles. The summed E-state index contributed by atoms with van der Waals surface area (Å²) in [5.74, 6) is -1.48. The third-order valence-electron chi connectivity index (χ3n) is 6.14. The Morgan fingerprint density at radius 1 is 1.00 bits per heavy atom. The number of aliphatic carboxylic acids is 1. The van der Waals surface area contributed by atoms with Crippen LogP contribution in [0.4, 0.5) is 4.79 Å². The van der Waals surface area contributed by atoms with Gasteiger partial charge in [-0.3, -0.25) is 4.79 Å². The van der Waals surface area contributed by atoms with Crippen molar-refractivity contribution in [2.75, 3.05) is 13.2 Å². The molecule has 0 fully saturated rings. The fourth-order valence-corrected chi connectivity index (χ4v) is 4.30. The maximum absolute atomic E-state index is 12.4. The highest BCUT2D eigenvalue weighted by atomic mass is 16.5. The Hall–Kier alpha value is -3.35. The first-order valence-electron chi connectivity index (χ1n) is 11.6. The molecule has 0 saturated carbocycles. The van der Waals surface area contributed by atoms with Gasteiger partial charge in [-0.05, 0) is 34.6 Å². The van der Waals surface area contributed by atoms with Crippen LogP contribution in [0, 0.1) is 5.92 Å². The first-order valence-corrected chi connectivity index (χ1v) is 11.6. The van der Waals surface area contributed by atoms with Gasteiger partial charge in [-0.2, -0.15) is 0 Å². The number of carboxylic acid groups (broad SMARTS) is 1. The predicted molar refractivity (Wildman–Crippen MR) is 126 cm³/mol. The number of rotatable bonds is 11. The average molecular weight is 453 g/mol. The Kier molecular flexibility index (Phi) is 8.46. The Bertz CT molecular complexity index is 945. The van der Waals surface area contributed by atoms with Crippen LogP contribution in [0.25, 0.3) is 11.1 Å². The largest absolute Gasteiger partial charge is 0.480 e. The number of hydrogen-bond acceptors (Lipinski definition) is 4. The van der Waals surface area contributed by atoms with E-state index >= 15 is 0 Å². The Balaban J connectivity index is 1.50. The van der Waals surface area contributed by atoms with E-state index in [0.717, 1.165) is 11.1 Å². The van der Waals surface area contributed by atoms with Crippen molar-refractivity contribution in [1.29, 1.82) is 0 Å². The zero-order valence-corrected chi connectivity index (χ0v) is 19.2. The molecule has 2 amide bonds. The van der Waals surface area contributed by atoms with Crippen molar-refractivity contribution in [3.8, 4) is 11.1 Å². The third kappa shape index (κ3) is 6.12. The van der Waals surface area contributed by atoms with E-state index in [0.29, 0.717) is 19.3 Å². The van der Waals surface area contributed by atoms with E-state index in [9.17, 15) is 19.5 Å². The molecule has 3 rings (SSSR count). The standard InChI is InChI=1S/C26H32N2O5/c1-3-9-23(25(30)31)28-24(29)14-17(4-2)15-27-26(32)33-16-22-20-12-7-5-10-18(20)19-11-6-8-13-21(19)22/h5-8,10-13,17,22-23H,3-4,9,14-16H2,1-2H3,(H,27,32)(H,28,29)(H,30,31)/t17?,23-/m0/s1. The molecular weight excluding hydrogens is 420 g/mol. The highest BCUT2D eigenvalue weighted by molar-refractivity contribution is 5.83. The van der Waals surface area contributed by atoms with Crippen LogP contribution < -0.4 is 10.6 Å². The third-order valence-corrected chi connectivity index (χ3v) is 6.14. The van der Waals surface area contributed by atoms with Crippen molar-refractivity contribution in [1.82, 2.24) is 10.6 Å². The maximum atomic E-state index is 12.4. The molecule has 0 bridgehead atoms. The van der Waals surface area contributed by atoms with Gasteiger partial charge in [0, 0.05) is 18.9 Å². The summed E-state index contributed by atoms with van der Waals surface area (Å²) < 4.78 is 5.54. The van der Waals surface area contributed by atoms with E-state index in [1.54, 1.807) is 0 Å². The first-order chi connectivity index (χ1) is 15.9. The number of carbonyl (C=O) groups excluding carboxylic acids is 2. The van der Waals surface area contributed by atoms with E-state index in [4.69, 9.17) is 4.74 Å². The van der Waals surface area contributed by atoms with Gasteiger partial charge in [0.05, 0.1) is 0 Å². The molecule has 3 N–H and O–H groups in total. The van der Waals surface area contributed by atoms with Crippen molar-refractivity contribution in [3.63, 3.8) is 0 Å². The second kappa shape index (κ2) is 11.5. The minimum absolute atomic E-state index is 0.0117. The molecule has 1 unspecified atom stereocenters. The van der Waals surface area contributed by atoms with Gasteiger partial charge in [0.15, 0.2) is 0 Å². The van der Waals surface area contributed by atoms with Gasteiger partial charge in [0.25, 0.3) is 0 Å². The first kappa shape index (κ1) is 24.3. The molecule has 0 aromatic heterocycles. The molecule has 0 heterocycles. The number of ether oxygens (including phenoxy) is 1. The highest BCUT2D eigenvalue weighted by Gasteiger charge is 2.29. The van der Waals surface area contributed by atoms with Crippen LogP contribution in [0.2, 0.25) is 0 Å². The molecule has 7 heteroatoms. The van der Waals surface area contributed by atoms with Gasteiger partial charge in [0.2, 0.25) is 5.91 Å². The van der Waals surface area contributed by atoms with Crippen LogP contribution in [-0.4, -0.2) is 42.3 Å². The molecule has 176 valence electrons. The van der Waals surface area contributed by atoms with E-state index in [1.807, 2.05) is 38.1 Å². The van der Waals surface area contributed by atoms with Crippen LogP contribution in [0.15, 0.2) is 48.5 Å². The number of fused-ring (bicyclic) bond motifs is 3. The number of benzene rings is 2. The number of hydrogen-bond donors (Lipinski definition) is 3. The highest BCUT2D eigenvalue weighted by Crippen LogP contribution is 2.44. The fraction of sp³-hybridized carbons (Fsp3) is 0.423.